The van der Waals surface area contributed by atoms with Crippen LogP contribution in [0.2, 0.25) is 0 Å². The molecule has 148 valence electrons. The lowest BCUT2D eigenvalue weighted by Crippen LogP contribution is -2.12. The summed E-state index contributed by atoms with van der Waals surface area (Å²) in [5.41, 5.74) is 0.506. The van der Waals surface area contributed by atoms with Gasteiger partial charge in [-0.15, -0.1) is 11.3 Å². The van der Waals surface area contributed by atoms with Crippen molar-refractivity contribution in [2.45, 2.75) is 6.92 Å². The lowest BCUT2D eigenvalue weighted by atomic mass is 10.2. The van der Waals surface area contributed by atoms with Crippen LogP contribution < -0.4 is 14.2 Å². The SMILES string of the molecule is CCOC(=O)/C(=C/c1cc2cc(OC)c(OC)cc2s1)Oc1ccc(C#N)cc1. The fourth-order valence-electron chi connectivity index (χ4n) is 2.64. The van der Waals surface area contributed by atoms with E-state index in [4.69, 9.17) is 24.2 Å². The summed E-state index contributed by atoms with van der Waals surface area (Å²) >= 11 is 1.48. The number of hydrogen-bond acceptors (Lipinski definition) is 7. The third kappa shape index (κ3) is 4.68. The molecule has 0 saturated carbocycles. The molecular formula is C22H19NO5S. The largest absolute Gasteiger partial charge is 0.493 e. The van der Waals surface area contributed by atoms with Gasteiger partial charge in [-0.05, 0) is 48.7 Å². The molecule has 0 spiro atoms. The Bertz CT molecular complexity index is 1050. The molecule has 0 bridgehead atoms. The van der Waals surface area contributed by atoms with E-state index in [0.717, 1.165) is 15.0 Å². The van der Waals surface area contributed by atoms with E-state index >= 15 is 0 Å². The predicted octanol–water partition coefficient (Wildman–Crippen LogP) is 4.77. The number of fused-ring (bicyclic) bond motifs is 1. The zero-order valence-corrected chi connectivity index (χ0v) is 17.0. The van der Waals surface area contributed by atoms with E-state index in [1.165, 1.54) is 11.3 Å². The molecule has 0 unspecified atom stereocenters. The van der Waals surface area contributed by atoms with Crippen molar-refractivity contribution in [3.05, 3.63) is 58.7 Å². The molecule has 0 amide bonds. The van der Waals surface area contributed by atoms with Crippen molar-refractivity contribution >= 4 is 33.5 Å². The summed E-state index contributed by atoms with van der Waals surface area (Å²) in [6.07, 6.45) is 1.64. The van der Waals surface area contributed by atoms with E-state index in [2.05, 4.69) is 0 Å². The molecule has 1 aromatic heterocycles. The Morgan fingerprint density at radius 3 is 2.41 bits per heavy atom. The van der Waals surface area contributed by atoms with Crippen LogP contribution in [0.1, 0.15) is 17.4 Å². The molecule has 0 N–H and O–H groups in total. The van der Waals surface area contributed by atoms with Crippen LogP contribution in [0.5, 0.6) is 17.2 Å². The predicted molar refractivity (Wildman–Crippen MR) is 111 cm³/mol. The molecule has 2 aromatic carbocycles. The zero-order chi connectivity index (χ0) is 20.8. The van der Waals surface area contributed by atoms with Gasteiger partial charge in [-0.25, -0.2) is 4.79 Å². The van der Waals surface area contributed by atoms with Gasteiger partial charge in [0.2, 0.25) is 5.76 Å². The third-order valence-electron chi connectivity index (χ3n) is 4.00. The average molecular weight is 409 g/mol. The van der Waals surface area contributed by atoms with E-state index in [1.807, 2.05) is 24.3 Å². The van der Waals surface area contributed by atoms with E-state index in [9.17, 15) is 4.79 Å². The molecule has 29 heavy (non-hydrogen) atoms. The van der Waals surface area contributed by atoms with Crippen molar-refractivity contribution in [2.24, 2.45) is 0 Å². The Labute approximate surface area is 172 Å². The van der Waals surface area contributed by atoms with Crippen LogP contribution in [0.25, 0.3) is 16.2 Å². The van der Waals surface area contributed by atoms with Crippen LogP contribution in [-0.4, -0.2) is 26.8 Å². The highest BCUT2D eigenvalue weighted by Gasteiger charge is 2.16. The molecule has 0 saturated heterocycles. The number of rotatable bonds is 7. The summed E-state index contributed by atoms with van der Waals surface area (Å²) in [4.78, 5) is 13.2. The number of carbonyl (C=O) groups is 1. The highest BCUT2D eigenvalue weighted by atomic mass is 32.1. The molecule has 0 aliphatic heterocycles. The number of carbonyl (C=O) groups excluding carboxylic acids is 1. The first-order valence-corrected chi connectivity index (χ1v) is 9.62. The van der Waals surface area contributed by atoms with Gasteiger partial charge in [0.25, 0.3) is 0 Å². The Morgan fingerprint density at radius 2 is 1.79 bits per heavy atom. The maximum absolute atomic E-state index is 12.4. The minimum Gasteiger partial charge on any atom is -0.493 e. The lowest BCUT2D eigenvalue weighted by molar-refractivity contribution is -0.140. The molecule has 0 aliphatic rings. The number of benzene rings is 2. The molecule has 0 atom stereocenters. The van der Waals surface area contributed by atoms with Gasteiger partial charge >= 0.3 is 5.97 Å². The van der Waals surface area contributed by atoms with Gasteiger partial charge in [-0.1, -0.05) is 0 Å². The first kappa shape index (κ1) is 20.2. The highest BCUT2D eigenvalue weighted by molar-refractivity contribution is 7.19. The highest BCUT2D eigenvalue weighted by Crippen LogP contribution is 2.37. The van der Waals surface area contributed by atoms with Crippen molar-refractivity contribution < 1.29 is 23.7 Å². The Kier molecular flexibility index (Phi) is 6.37. The standard InChI is InChI=1S/C22H19NO5S/c1-4-27-22(24)20(28-16-7-5-14(13-23)6-8-16)11-17-9-15-10-18(25-2)19(26-3)12-21(15)29-17/h5-12H,4H2,1-3H3/b20-11-. The topological polar surface area (TPSA) is 77.8 Å². The van der Waals surface area contributed by atoms with E-state index in [1.54, 1.807) is 51.5 Å². The van der Waals surface area contributed by atoms with Crippen LogP contribution in [-0.2, 0) is 9.53 Å². The molecule has 0 radical (unpaired) electrons. The summed E-state index contributed by atoms with van der Waals surface area (Å²) in [5, 5.41) is 9.87. The molecule has 1 heterocycles. The number of nitrogens with zero attached hydrogens (tertiary/aromatic N) is 1. The molecule has 0 aliphatic carbocycles. The summed E-state index contributed by atoms with van der Waals surface area (Å²) in [5.74, 6) is 1.20. The number of nitriles is 1. The van der Waals surface area contributed by atoms with E-state index in [-0.39, 0.29) is 12.4 Å². The van der Waals surface area contributed by atoms with Gasteiger partial charge < -0.3 is 18.9 Å². The van der Waals surface area contributed by atoms with Gasteiger partial charge in [0.1, 0.15) is 5.75 Å². The first-order chi connectivity index (χ1) is 14.1. The van der Waals surface area contributed by atoms with Gasteiger partial charge in [-0.2, -0.15) is 5.26 Å². The number of ether oxygens (including phenoxy) is 4. The quantitative estimate of drug-likeness (QED) is 0.318. The normalized spacial score (nSPS) is 11.0. The number of hydrogen-bond donors (Lipinski definition) is 0. The van der Waals surface area contributed by atoms with Crippen molar-refractivity contribution in [1.82, 2.24) is 0 Å². The lowest BCUT2D eigenvalue weighted by Gasteiger charge is -2.09. The van der Waals surface area contributed by atoms with Gasteiger partial charge in [0.15, 0.2) is 11.5 Å². The molecule has 3 rings (SSSR count). The van der Waals surface area contributed by atoms with Crippen molar-refractivity contribution in [3.8, 4) is 23.3 Å². The first-order valence-electron chi connectivity index (χ1n) is 8.80. The Hall–Kier alpha value is -3.50. The van der Waals surface area contributed by atoms with Crippen LogP contribution in [0.4, 0.5) is 0 Å². The number of esters is 1. The summed E-state index contributed by atoms with van der Waals surface area (Å²) in [7, 11) is 3.17. The van der Waals surface area contributed by atoms with Crippen molar-refractivity contribution in [1.29, 1.82) is 5.26 Å². The summed E-state index contributed by atoms with van der Waals surface area (Å²) in [6.45, 7) is 1.96. The second-order valence-electron chi connectivity index (χ2n) is 5.86. The number of thiophene rings is 1. The summed E-state index contributed by atoms with van der Waals surface area (Å²) in [6, 6.07) is 14.3. The maximum atomic E-state index is 12.4. The minimum atomic E-state index is -0.565. The van der Waals surface area contributed by atoms with E-state index < -0.39 is 5.97 Å². The smallest absolute Gasteiger partial charge is 0.374 e. The zero-order valence-electron chi connectivity index (χ0n) is 16.2. The van der Waals surface area contributed by atoms with Crippen LogP contribution in [0.15, 0.2) is 48.2 Å². The molecule has 6 nitrogen and oxygen atoms in total. The monoisotopic (exact) mass is 409 g/mol. The summed E-state index contributed by atoms with van der Waals surface area (Å²) < 4.78 is 22.5. The fraction of sp³-hybridized carbons (Fsp3) is 0.182. The van der Waals surface area contributed by atoms with E-state index in [0.29, 0.717) is 22.8 Å². The average Bonchev–Trinajstić information content (AvgIpc) is 3.14. The van der Waals surface area contributed by atoms with Crippen LogP contribution in [0, 0.1) is 11.3 Å². The van der Waals surface area contributed by atoms with Gasteiger partial charge in [0, 0.05) is 21.7 Å². The Balaban J connectivity index is 1.97. The number of methoxy groups -OCH3 is 2. The third-order valence-corrected chi connectivity index (χ3v) is 5.05. The van der Waals surface area contributed by atoms with Crippen LogP contribution in [0.3, 0.4) is 0 Å². The van der Waals surface area contributed by atoms with Gasteiger partial charge in [0.05, 0.1) is 32.5 Å². The Morgan fingerprint density at radius 1 is 1.10 bits per heavy atom. The second-order valence-corrected chi connectivity index (χ2v) is 6.98. The van der Waals surface area contributed by atoms with Gasteiger partial charge in [-0.3, -0.25) is 0 Å². The molecule has 0 fully saturated rings. The van der Waals surface area contributed by atoms with Crippen LogP contribution >= 0.6 is 11.3 Å². The molecule has 3 aromatic rings. The van der Waals surface area contributed by atoms with Crippen molar-refractivity contribution in [2.75, 3.05) is 20.8 Å². The molecule has 7 heteroatoms. The maximum Gasteiger partial charge on any atom is 0.374 e. The molecular weight excluding hydrogens is 390 g/mol. The van der Waals surface area contributed by atoms with Crippen molar-refractivity contribution in [3.63, 3.8) is 0 Å². The fourth-order valence-corrected chi connectivity index (χ4v) is 3.65. The minimum absolute atomic E-state index is 0.0574. The second kappa shape index (κ2) is 9.13.